The molecule has 3 nitrogen and oxygen atoms in total. The van der Waals surface area contributed by atoms with Gasteiger partial charge in [0.1, 0.15) is 5.15 Å². The van der Waals surface area contributed by atoms with Gasteiger partial charge >= 0.3 is 0 Å². The first kappa shape index (κ1) is 15.7. The number of thioether (sulfide) groups is 1. The molecule has 0 fully saturated rings. The summed E-state index contributed by atoms with van der Waals surface area (Å²) in [4.78, 5) is 16.5. The number of rotatable bonds is 4. The van der Waals surface area contributed by atoms with Crippen LogP contribution in [-0.4, -0.2) is 16.6 Å². The molecule has 0 radical (unpaired) electrons. The first-order chi connectivity index (χ1) is 9.94. The van der Waals surface area contributed by atoms with Gasteiger partial charge in [0.05, 0.1) is 0 Å². The van der Waals surface area contributed by atoms with Crippen molar-refractivity contribution in [2.75, 3.05) is 5.32 Å². The zero-order valence-corrected chi connectivity index (χ0v) is 12.5. The van der Waals surface area contributed by atoms with Crippen LogP contribution in [0.5, 0.6) is 0 Å². The summed E-state index contributed by atoms with van der Waals surface area (Å²) < 4.78 is 24.4. The SMILES string of the molecule is Cc1cc(C(=O)Nc2ccc(SC(F)F)cc2)cc(Cl)n1. The van der Waals surface area contributed by atoms with Crippen molar-refractivity contribution in [2.24, 2.45) is 0 Å². The van der Waals surface area contributed by atoms with Gasteiger partial charge in [-0.15, -0.1) is 0 Å². The molecule has 0 spiro atoms. The van der Waals surface area contributed by atoms with Crippen molar-refractivity contribution in [3.05, 3.63) is 52.8 Å². The Balaban J connectivity index is 2.08. The van der Waals surface area contributed by atoms with E-state index in [9.17, 15) is 13.6 Å². The second-order valence-electron chi connectivity index (χ2n) is 4.18. The molecule has 0 saturated heterocycles. The van der Waals surface area contributed by atoms with E-state index in [2.05, 4.69) is 10.3 Å². The van der Waals surface area contributed by atoms with Crippen molar-refractivity contribution >= 4 is 35.0 Å². The van der Waals surface area contributed by atoms with E-state index in [1.54, 1.807) is 25.1 Å². The van der Waals surface area contributed by atoms with Crippen LogP contribution in [0.25, 0.3) is 0 Å². The van der Waals surface area contributed by atoms with Crippen LogP contribution < -0.4 is 5.32 Å². The van der Waals surface area contributed by atoms with Crippen LogP contribution in [0.2, 0.25) is 5.15 Å². The molecule has 21 heavy (non-hydrogen) atoms. The Morgan fingerprint density at radius 2 is 1.95 bits per heavy atom. The molecule has 1 aromatic carbocycles. The highest BCUT2D eigenvalue weighted by Crippen LogP contribution is 2.26. The predicted molar refractivity (Wildman–Crippen MR) is 80.2 cm³/mol. The standard InChI is InChI=1S/C14H11ClF2N2OS/c1-8-6-9(7-12(15)18-8)13(20)19-10-2-4-11(5-3-10)21-14(16)17/h2-7,14H,1H3,(H,19,20). The quantitative estimate of drug-likeness (QED) is 0.658. The molecular formula is C14H11ClF2N2OS. The predicted octanol–water partition coefficient (Wildman–Crippen LogP) is 4.61. The number of carbonyl (C=O) groups is 1. The topological polar surface area (TPSA) is 42.0 Å². The molecule has 0 aliphatic rings. The third-order valence-electron chi connectivity index (χ3n) is 2.52. The zero-order valence-electron chi connectivity index (χ0n) is 10.9. The number of halogens is 3. The highest BCUT2D eigenvalue weighted by Gasteiger charge is 2.09. The van der Waals surface area contributed by atoms with Gasteiger partial charge in [-0.2, -0.15) is 8.78 Å². The monoisotopic (exact) mass is 328 g/mol. The normalized spacial score (nSPS) is 10.7. The van der Waals surface area contributed by atoms with Gasteiger partial charge < -0.3 is 5.32 Å². The highest BCUT2D eigenvalue weighted by molar-refractivity contribution is 7.99. The summed E-state index contributed by atoms with van der Waals surface area (Å²) in [5.74, 6) is -2.80. The Bertz CT molecular complexity index is 630. The van der Waals surface area contributed by atoms with Crippen LogP contribution in [0.15, 0.2) is 41.3 Å². The van der Waals surface area contributed by atoms with Crippen molar-refractivity contribution in [2.45, 2.75) is 17.6 Å². The smallest absolute Gasteiger partial charge is 0.288 e. The number of nitrogens with one attached hydrogen (secondary N) is 1. The van der Waals surface area contributed by atoms with E-state index < -0.39 is 5.76 Å². The van der Waals surface area contributed by atoms with E-state index in [-0.39, 0.29) is 11.1 Å². The third kappa shape index (κ3) is 4.68. The van der Waals surface area contributed by atoms with Crippen LogP contribution in [0.4, 0.5) is 14.5 Å². The van der Waals surface area contributed by atoms with Gasteiger partial charge in [-0.1, -0.05) is 23.4 Å². The van der Waals surface area contributed by atoms with E-state index in [4.69, 9.17) is 11.6 Å². The largest absolute Gasteiger partial charge is 0.322 e. The van der Waals surface area contributed by atoms with Gasteiger partial charge in [0.25, 0.3) is 11.7 Å². The molecule has 7 heteroatoms. The maximum absolute atomic E-state index is 12.2. The maximum atomic E-state index is 12.2. The summed E-state index contributed by atoms with van der Waals surface area (Å²) >= 11 is 6.26. The van der Waals surface area contributed by atoms with E-state index in [0.29, 0.717) is 33.6 Å². The van der Waals surface area contributed by atoms with E-state index in [0.717, 1.165) is 0 Å². The van der Waals surface area contributed by atoms with E-state index in [1.807, 2.05) is 0 Å². The van der Waals surface area contributed by atoms with Crippen molar-refractivity contribution < 1.29 is 13.6 Å². The van der Waals surface area contributed by atoms with Gasteiger partial charge in [0.2, 0.25) is 0 Å². The average Bonchev–Trinajstić information content (AvgIpc) is 2.39. The van der Waals surface area contributed by atoms with E-state index in [1.165, 1.54) is 18.2 Å². The number of carbonyl (C=O) groups excluding carboxylic acids is 1. The number of alkyl halides is 2. The summed E-state index contributed by atoms with van der Waals surface area (Å²) in [5.41, 5.74) is 1.54. The number of aromatic nitrogens is 1. The minimum Gasteiger partial charge on any atom is -0.322 e. The first-order valence-corrected chi connectivity index (χ1v) is 7.20. The molecule has 1 aromatic heterocycles. The number of hydrogen-bond acceptors (Lipinski definition) is 3. The molecule has 0 saturated carbocycles. The lowest BCUT2D eigenvalue weighted by atomic mass is 10.2. The number of pyridine rings is 1. The fraction of sp³-hybridized carbons (Fsp3) is 0.143. The summed E-state index contributed by atoms with van der Waals surface area (Å²) in [6, 6.07) is 9.26. The van der Waals surface area contributed by atoms with Crippen LogP contribution in [-0.2, 0) is 0 Å². The number of nitrogens with zero attached hydrogens (tertiary/aromatic N) is 1. The van der Waals surface area contributed by atoms with Crippen LogP contribution in [0, 0.1) is 6.92 Å². The van der Waals surface area contributed by atoms with Gasteiger partial charge in [-0.25, -0.2) is 4.98 Å². The number of anilines is 1. The van der Waals surface area contributed by atoms with Crippen LogP contribution in [0.3, 0.4) is 0 Å². The summed E-state index contributed by atoms with van der Waals surface area (Å²) in [6.07, 6.45) is 0. The Hall–Kier alpha value is -1.66. The molecule has 1 amide bonds. The summed E-state index contributed by atoms with van der Waals surface area (Å²) in [7, 11) is 0. The van der Waals surface area contributed by atoms with Crippen molar-refractivity contribution in [1.82, 2.24) is 4.98 Å². The van der Waals surface area contributed by atoms with Crippen molar-refractivity contribution in [1.29, 1.82) is 0 Å². The number of amides is 1. The second kappa shape index (κ2) is 6.87. The van der Waals surface area contributed by atoms with Gasteiger partial charge in [-0.05, 0) is 43.3 Å². The fourth-order valence-electron chi connectivity index (χ4n) is 1.68. The Kier molecular flexibility index (Phi) is 5.14. The van der Waals surface area contributed by atoms with Crippen LogP contribution >= 0.6 is 23.4 Å². The molecule has 0 bridgehead atoms. The second-order valence-corrected chi connectivity index (χ2v) is 5.63. The lowest BCUT2D eigenvalue weighted by Crippen LogP contribution is -2.12. The minimum absolute atomic E-state index is 0.240. The Morgan fingerprint density at radius 3 is 2.52 bits per heavy atom. The lowest BCUT2D eigenvalue weighted by molar-refractivity contribution is 0.102. The number of benzene rings is 1. The summed E-state index contributed by atoms with van der Waals surface area (Å²) in [6.45, 7) is 1.74. The molecule has 2 rings (SSSR count). The molecule has 0 aliphatic carbocycles. The molecule has 0 atom stereocenters. The Morgan fingerprint density at radius 1 is 1.29 bits per heavy atom. The molecular weight excluding hydrogens is 318 g/mol. The van der Waals surface area contributed by atoms with Crippen molar-refractivity contribution in [3.8, 4) is 0 Å². The first-order valence-electron chi connectivity index (χ1n) is 5.94. The summed E-state index contributed by atoms with van der Waals surface area (Å²) in [5, 5.41) is 2.91. The Labute approximate surface area is 129 Å². The fourth-order valence-corrected chi connectivity index (χ4v) is 2.43. The maximum Gasteiger partial charge on any atom is 0.288 e. The molecule has 0 aliphatic heterocycles. The highest BCUT2D eigenvalue weighted by atomic mass is 35.5. The average molecular weight is 329 g/mol. The molecule has 110 valence electrons. The molecule has 1 N–H and O–H groups in total. The van der Waals surface area contributed by atoms with Gasteiger partial charge in [-0.3, -0.25) is 4.79 Å². The van der Waals surface area contributed by atoms with Gasteiger partial charge in [0.15, 0.2) is 0 Å². The molecule has 0 unspecified atom stereocenters. The number of hydrogen-bond donors (Lipinski definition) is 1. The molecule has 2 aromatic rings. The third-order valence-corrected chi connectivity index (χ3v) is 3.44. The molecule has 1 heterocycles. The van der Waals surface area contributed by atoms with Crippen molar-refractivity contribution in [3.63, 3.8) is 0 Å². The zero-order chi connectivity index (χ0) is 15.4. The van der Waals surface area contributed by atoms with Crippen LogP contribution in [0.1, 0.15) is 16.1 Å². The number of aryl methyl sites for hydroxylation is 1. The minimum atomic E-state index is -2.47. The van der Waals surface area contributed by atoms with E-state index >= 15 is 0 Å². The van der Waals surface area contributed by atoms with Gasteiger partial charge in [0, 0.05) is 21.8 Å². The lowest BCUT2D eigenvalue weighted by Gasteiger charge is -2.07.